The van der Waals surface area contributed by atoms with E-state index in [0.29, 0.717) is 0 Å². The first kappa shape index (κ1) is 26.4. The van der Waals surface area contributed by atoms with Crippen molar-refractivity contribution < 1.29 is 14.7 Å². The highest BCUT2D eigenvalue weighted by Crippen LogP contribution is 2.55. The van der Waals surface area contributed by atoms with Gasteiger partial charge in [-0.2, -0.15) is 0 Å². The quantitative estimate of drug-likeness (QED) is 0.503. The number of benzene rings is 2. The summed E-state index contributed by atoms with van der Waals surface area (Å²) in [7, 11) is 0. The van der Waals surface area contributed by atoms with Crippen LogP contribution in [0, 0.1) is 5.92 Å². The number of Topliss-reactive ketones (excluding diaryl/α,β-unsaturated/α-hetero) is 1. The molecule has 184 valence electrons. The van der Waals surface area contributed by atoms with E-state index in [9.17, 15) is 14.7 Å². The normalized spacial score (nSPS) is 22.9. The first-order valence-corrected chi connectivity index (χ1v) is 11.8. The summed E-state index contributed by atoms with van der Waals surface area (Å²) in [4.78, 5) is 27.3. The van der Waals surface area contributed by atoms with E-state index < -0.39 is 29.0 Å². The number of carbonyl (C=O) groups is 2. The summed E-state index contributed by atoms with van der Waals surface area (Å²) in [6.07, 6.45) is 0.626. The van der Waals surface area contributed by atoms with Crippen LogP contribution in [0.2, 0.25) is 0 Å². The lowest BCUT2D eigenvalue weighted by atomic mass is 9.65. The molecule has 1 aliphatic carbocycles. The zero-order valence-electron chi connectivity index (χ0n) is 20.1. The van der Waals surface area contributed by atoms with Crippen LogP contribution in [-0.4, -0.2) is 41.5 Å². The van der Waals surface area contributed by atoms with Crippen molar-refractivity contribution in [3.05, 3.63) is 71.3 Å². The summed E-state index contributed by atoms with van der Waals surface area (Å²) in [5.74, 6) is -1.42. The van der Waals surface area contributed by atoms with Crippen LogP contribution in [0.15, 0.2) is 54.6 Å². The number of hydrogen-bond acceptors (Lipinski definition) is 5. The summed E-state index contributed by atoms with van der Waals surface area (Å²) in [5.41, 5.74) is 7.34. The lowest BCUT2D eigenvalue weighted by Crippen LogP contribution is -2.58. The molecule has 1 fully saturated rings. The molecule has 0 radical (unpaired) electrons. The number of nitrogens with two attached hydrogens (primary N) is 1. The fourth-order valence-electron chi connectivity index (χ4n) is 5.65. The second kappa shape index (κ2) is 10.2. The maximum absolute atomic E-state index is 14.3. The Balaban J connectivity index is 0.00000324. The number of ketones is 1. The van der Waals surface area contributed by atoms with E-state index in [1.807, 2.05) is 61.5 Å². The van der Waals surface area contributed by atoms with Gasteiger partial charge in [0.1, 0.15) is 0 Å². The van der Waals surface area contributed by atoms with E-state index in [1.54, 1.807) is 13.8 Å². The second-order valence-electron chi connectivity index (χ2n) is 10.2. The van der Waals surface area contributed by atoms with Crippen molar-refractivity contribution in [1.82, 2.24) is 10.6 Å². The number of halogens is 1. The molecule has 7 heteroatoms. The van der Waals surface area contributed by atoms with Crippen molar-refractivity contribution in [1.29, 1.82) is 0 Å². The largest absolute Gasteiger partial charge is 0.388 e. The minimum Gasteiger partial charge on any atom is -0.388 e. The van der Waals surface area contributed by atoms with Crippen LogP contribution in [0.5, 0.6) is 0 Å². The van der Waals surface area contributed by atoms with E-state index in [1.165, 1.54) is 0 Å². The summed E-state index contributed by atoms with van der Waals surface area (Å²) >= 11 is 0. The first-order valence-electron chi connectivity index (χ1n) is 11.8. The van der Waals surface area contributed by atoms with E-state index in [2.05, 4.69) is 10.6 Å². The number of rotatable bonds is 6. The van der Waals surface area contributed by atoms with Crippen LogP contribution < -0.4 is 16.4 Å². The Morgan fingerprint density at radius 1 is 1.09 bits per heavy atom. The van der Waals surface area contributed by atoms with Crippen molar-refractivity contribution in [2.75, 3.05) is 13.1 Å². The number of fused-ring (bicyclic) bond motifs is 2. The number of piperidine rings is 1. The van der Waals surface area contributed by atoms with Gasteiger partial charge in [-0.05, 0) is 56.5 Å². The Bertz CT molecular complexity index is 1020. The van der Waals surface area contributed by atoms with Crippen molar-refractivity contribution in [2.24, 2.45) is 11.7 Å². The third-order valence-electron chi connectivity index (χ3n) is 7.53. The molecule has 1 heterocycles. The van der Waals surface area contributed by atoms with Crippen molar-refractivity contribution >= 4 is 24.1 Å². The van der Waals surface area contributed by atoms with E-state index in [0.717, 1.165) is 42.6 Å². The molecule has 1 spiro atoms. The van der Waals surface area contributed by atoms with Crippen LogP contribution in [0.25, 0.3) is 0 Å². The van der Waals surface area contributed by atoms with Crippen molar-refractivity contribution in [3.8, 4) is 0 Å². The molecule has 34 heavy (non-hydrogen) atoms. The van der Waals surface area contributed by atoms with E-state index >= 15 is 0 Å². The van der Waals surface area contributed by atoms with Crippen LogP contribution in [0.3, 0.4) is 0 Å². The number of hydrogen-bond donors (Lipinski definition) is 4. The molecule has 4 atom stereocenters. The zero-order valence-corrected chi connectivity index (χ0v) is 20.9. The Morgan fingerprint density at radius 3 is 2.29 bits per heavy atom. The predicted molar refractivity (Wildman–Crippen MR) is 136 cm³/mol. The molecule has 1 saturated heterocycles. The van der Waals surface area contributed by atoms with Crippen LogP contribution in [0.4, 0.5) is 0 Å². The molecule has 2 aliphatic rings. The number of aliphatic hydroxyl groups is 1. The third-order valence-corrected chi connectivity index (χ3v) is 7.53. The summed E-state index contributed by atoms with van der Waals surface area (Å²) < 4.78 is 0. The number of aliphatic hydroxyl groups excluding tert-OH is 1. The molecule has 6 nitrogen and oxygen atoms in total. The lowest BCUT2D eigenvalue weighted by molar-refractivity contribution is -0.136. The summed E-state index contributed by atoms with van der Waals surface area (Å²) in [5, 5.41) is 17.8. The van der Waals surface area contributed by atoms with Gasteiger partial charge in [0.15, 0.2) is 5.78 Å². The highest BCUT2D eigenvalue weighted by Gasteiger charge is 2.56. The van der Waals surface area contributed by atoms with Crippen LogP contribution in [-0.2, 0) is 15.0 Å². The van der Waals surface area contributed by atoms with Gasteiger partial charge in [0.25, 0.3) is 0 Å². The molecule has 2 aromatic carbocycles. The molecule has 2 unspecified atom stereocenters. The van der Waals surface area contributed by atoms with Gasteiger partial charge in [0.2, 0.25) is 5.91 Å². The molecule has 1 amide bonds. The molecule has 0 saturated carbocycles. The molecule has 1 aliphatic heterocycles. The van der Waals surface area contributed by atoms with Gasteiger partial charge in [-0.1, -0.05) is 61.5 Å². The van der Waals surface area contributed by atoms with Gasteiger partial charge in [0.05, 0.1) is 23.6 Å². The smallest absolute Gasteiger partial charge is 0.240 e. The fraction of sp³-hybridized carbons (Fsp3) is 0.481. The lowest BCUT2D eigenvalue weighted by Gasteiger charge is -2.42. The standard InChI is InChI=1S/C27H35N3O3.ClH/c1-17(18-9-5-4-6-10-18)22(30-25(33)26(2,3)28)24(32)21-23(31)19-11-7-8-12-20(19)27(21)13-15-29-16-14-27;/h4-12,17,21-23,29,31H,13-16,28H2,1-3H3,(H,30,33);1H/t17-,21+,22?,23?;/m0./s1. The molecule has 0 bridgehead atoms. The number of carbonyl (C=O) groups excluding carboxylic acids is 2. The maximum Gasteiger partial charge on any atom is 0.240 e. The van der Waals surface area contributed by atoms with Crippen molar-refractivity contribution in [3.63, 3.8) is 0 Å². The zero-order chi connectivity index (χ0) is 23.8. The van der Waals surface area contributed by atoms with Gasteiger partial charge >= 0.3 is 0 Å². The van der Waals surface area contributed by atoms with Crippen LogP contribution in [0.1, 0.15) is 62.3 Å². The average molecular weight is 486 g/mol. The Kier molecular flexibility index (Phi) is 7.88. The molecular formula is C27H36ClN3O3. The van der Waals surface area contributed by atoms with Gasteiger partial charge in [-0.15, -0.1) is 12.4 Å². The summed E-state index contributed by atoms with van der Waals surface area (Å²) in [6.45, 7) is 6.78. The second-order valence-corrected chi connectivity index (χ2v) is 10.2. The number of amides is 1. The monoisotopic (exact) mass is 485 g/mol. The molecule has 4 rings (SSSR count). The first-order chi connectivity index (χ1) is 15.7. The molecular weight excluding hydrogens is 450 g/mol. The Morgan fingerprint density at radius 2 is 1.68 bits per heavy atom. The van der Waals surface area contributed by atoms with Crippen LogP contribution >= 0.6 is 12.4 Å². The molecule has 2 aromatic rings. The van der Waals surface area contributed by atoms with Gasteiger partial charge in [-0.25, -0.2) is 0 Å². The molecule has 0 aromatic heterocycles. The Hall–Kier alpha value is -2.25. The third kappa shape index (κ3) is 4.65. The SMILES string of the molecule is C[C@@H](c1ccccc1)C(NC(=O)C(C)(C)N)C(=O)[C@H]1C(O)c2ccccc2C12CCNCC2.Cl. The minimum atomic E-state index is -1.13. The fourth-order valence-corrected chi connectivity index (χ4v) is 5.65. The summed E-state index contributed by atoms with van der Waals surface area (Å²) in [6, 6.07) is 16.8. The average Bonchev–Trinajstić information content (AvgIpc) is 3.04. The number of nitrogens with one attached hydrogen (secondary N) is 2. The minimum absolute atomic E-state index is 0. The van der Waals surface area contributed by atoms with E-state index in [4.69, 9.17) is 5.73 Å². The van der Waals surface area contributed by atoms with Gasteiger partial charge < -0.3 is 21.5 Å². The van der Waals surface area contributed by atoms with E-state index in [-0.39, 0.29) is 30.0 Å². The highest BCUT2D eigenvalue weighted by molar-refractivity contribution is 5.95. The predicted octanol–water partition coefficient (Wildman–Crippen LogP) is 2.99. The van der Waals surface area contributed by atoms with Gasteiger partial charge in [0, 0.05) is 11.3 Å². The highest BCUT2D eigenvalue weighted by atomic mass is 35.5. The maximum atomic E-state index is 14.3. The van der Waals surface area contributed by atoms with Gasteiger partial charge in [-0.3, -0.25) is 9.59 Å². The molecule has 5 N–H and O–H groups in total. The Labute approximate surface area is 208 Å². The topological polar surface area (TPSA) is 104 Å². The van der Waals surface area contributed by atoms with Crippen molar-refractivity contribution in [2.45, 2.75) is 62.6 Å².